The van der Waals surface area contributed by atoms with Crippen LogP contribution in [0, 0.1) is 5.92 Å². The standard InChI is InChI=1S/C5H12.C3H7NO3/c1-4-5(2)3;5-2-1-4-3(6)7/h5H,4H2,1-3H3;4-5H,1-2H2,(H,6,7). The summed E-state index contributed by atoms with van der Waals surface area (Å²) in [5.41, 5.74) is 0. The summed E-state index contributed by atoms with van der Waals surface area (Å²) in [6, 6.07) is 0. The maximum Gasteiger partial charge on any atom is 0.404 e. The van der Waals surface area contributed by atoms with Crippen molar-refractivity contribution in [3.05, 3.63) is 0 Å². The number of aliphatic hydroxyl groups excluding tert-OH is 1. The van der Waals surface area contributed by atoms with Crippen molar-refractivity contribution in [2.45, 2.75) is 27.2 Å². The maximum atomic E-state index is 9.54. The van der Waals surface area contributed by atoms with Crippen LogP contribution in [0.1, 0.15) is 27.2 Å². The summed E-state index contributed by atoms with van der Waals surface area (Å²) in [4.78, 5) is 9.54. The minimum absolute atomic E-state index is 0.106. The first-order valence-corrected chi connectivity index (χ1v) is 4.12. The van der Waals surface area contributed by atoms with Crippen LogP contribution in [-0.2, 0) is 0 Å². The van der Waals surface area contributed by atoms with Gasteiger partial charge < -0.3 is 15.5 Å². The van der Waals surface area contributed by atoms with Gasteiger partial charge in [0, 0.05) is 6.54 Å². The van der Waals surface area contributed by atoms with Gasteiger partial charge in [0.25, 0.3) is 0 Å². The van der Waals surface area contributed by atoms with Crippen LogP contribution in [0.3, 0.4) is 0 Å². The molecule has 0 radical (unpaired) electrons. The van der Waals surface area contributed by atoms with Crippen LogP contribution in [0.4, 0.5) is 4.79 Å². The Balaban J connectivity index is 0. The molecule has 0 fully saturated rings. The smallest absolute Gasteiger partial charge is 0.404 e. The Kier molecular flexibility index (Phi) is 11.8. The Bertz CT molecular complexity index is 104. The van der Waals surface area contributed by atoms with Gasteiger partial charge in [0.15, 0.2) is 0 Å². The number of hydrogen-bond donors (Lipinski definition) is 3. The highest BCUT2D eigenvalue weighted by Crippen LogP contribution is 1.93. The second-order valence-electron chi connectivity index (χ2n) is 2.76. The van der Waals surface area contributed by atoms with Crippen LogP contribution in [0.5, 0.6) is 0 Å². The van der Waals surface area contributed by atoms with E-state index in [4.69, 9.17) is 10.2 Å². The van der Waals surface area contributed by atoms with E-state index in [1.54, 1.807) is 0 Å². The second kappa shape index (κ2) is 10.2. The predicted molar refractivity (Wildman–Crippen MR) is 48.2 cm³/mol. The first-order valence-electron chi connectivity index (χ1n) is 4.12. The van der Waals surface area contributed by atoms with E-state index in [0.717, 1.165) is 5.92 Å². The summed E-state index contributed by atoms with van der Waals surface area (Å²) >= 11 is 0. The molecule has 0 heterocycles. The summed E-state index contributed by atoms with van der Waals surface area (Å²) in [5, 5.41) is 17.8. The van der Waals surface area contributed by atoms with Gasteiger partial charge >= 0.3 is 6.09 Å². The van der Waals surface area contributed by atoms with Gasteiger partial charge in [-0.05, 0) is 5.92 Å². The fourth-order valence-electron chi connectivity index (χ4n) is 0.163. The first-order chi connectivity index (χ1) is 5.54. The second-order valence-corrected chi connectivity index (χ2v) is 2.76. The topological polar surface area (TPSA) is 69.6 Å². The molecular weight excluding hydrogens is 158 g/mol. The molecule has 0 spiro atoms. The molecule has 0 rings (SSSR count). The van der Waals surface area contributed by atoms with Crippen molar-refractivity contribution >= 4 is 6.09 Å². The Morgan fingerprint density at radius 3 is 2.00 bits per heavy atom. The van der Waals surface area contributed by atoms with Crippen LogP contribution < -0.4 is 5.32 Å². The van der Waals surface area contributed by atoms with Gasteiger partial charge in [-0.2, -0.15) is 0 Å². The van der Waals surface area contributed by atoms with Crippen molar-refractivity contribution in [2.75, 3.05) is 13.2 Å². The van der Waals surface area contributed by atoms with E-state index in [9.17, 15) is 4.79 Å². The van der Waals surface area contributed by atoms with E-state index in [0.29, 0.717) is 0 Å². The van der Waals surface area contributed by atoms with Crippen molar-refractivity contribution in [3.8, 4) is 0 Å². The molecule has 4 nitrogen and oxygen atoms in total. The van der Waals surface area contributed by atoms with Crippen molar-refractivity contribution in [1.29, 1.82) is 0 Å². The van der Waals surface area contributed by atoms with E-state index < -0.39 is 6.09 Å². The summed E-state index contributed by atoms with van der Waals surface area (Å²) < 4.78 is 0. The highest BCUT2D eigenvalue weighted by Gasteiger charge is 1.87. The number of rotatable bonds is 3. The van der Waals surface area contributed by atoms with Crippen LogP contribution >= 0.6 is 0 Å². The molecule has 12 heavy (non-hydrogen) atoms. The van der Waals surface area contributed by atoms with Crippen LogP contribution in [0.15, 0.2) is 0 Å². The maximum absolute atomic E-state index is 9.54. The Hall–Kier alpha value is -0.770. The van der Waals surface area contributed by atoms with E-state index in [1.807, 2.05) is 5.32 Å². The predicted octanol–water partition coefficient (Wildman–Crippen LogP) is 1.30. The minimum atomic E-state index is -1.10. The average molecular weight is 177 g/mol. The molecule has 0 atom stereocenters. The molecule has 74 valence electrons. The fraction of sp³-hybridized carbons (Fsp3) is 0.875. The fourth-order valence-corrected chi connectivity index (χ4v) is 0.163. The number of amides is 1. The van der Waals surface area contributed by atoms with Gasteiger partial charge in [-0.25, -0.2) is 4.79 Å². The lowest BCUT2D eigenvalue weighted by Gasteiger charge is -1.91. The Labute approximate surface area is 73.6 Å². The highest BCUT2D eigenvalue weighted by molar-refractivity contribution is 5.64. The number of carboxylic acid groups (broad SMARTS) is 1. The van der Waals surface area contributed by atoms with Crippen molar-refractivity contribution in [1.82, 2.24) is 5.32 Å². The number of carbonyl (C=O) groups is 1. The lowest BCUT2D eigenvalue weighted by Crippen LogP contribution is -2.23. The van der Waals surface area contributed by atoms with Gasteiger partial charge in [0.1, 0.15) is 0 Å². The lowest BCUT2D eigenvalue weighted by atomic mass is 10.2. The summed E-state index contributed by atoms with van der Waals surface area (Å²) in [6.45, 7) is 6.60. The molecule has 0 saturated heterocycles. The monoisotopic (exact) mass is 177 g/mol. The molecule has 3 N–H and O–H groups in total. The van der Waals surface area contributed by atoms with Gasteiger partial charge in [-0.3, -0.25) is 0 Å². The molecular formula is C8H19NO3. The SMILES string of the molecule is CCC(C)C.O=C(O)NCCO. The summed E-state index contributed by atoms with van der Waals surface area (Å²) in [7, 11) is 0. The van der Waals surface area contributed by atoms with Gasteiger partial charge in [-0.15, -0.1) is 0 Å². The largest absolute Gasteiger partial charge is 0.465 e. The molecule has 0 aliphatic heterocycles. The zero-order valence-electron chi connectivity index (χ0n) is 8.00. The van der Waals surface area contributed by atoms with E-state index in [1.165, 1.54) is 6.42 Å². The normalized spacial score (nSPS) is 8.75. The van der Waals surface area contributed by atoms with Crippen LogP contribution in [-0.4, -0.2) is 29.5 Å². The number of aliphatic hydroxyl groups is 1. The lowest BCUT2D eigenvalue weighted by molar-refractivity contribution is 0.190. The van der Waals surface area contributed by atoms with Crippen LogP contribution in [0.2, 0.25) is 0 Å². The highest BCUT2D eigenvalue weighted by atomic mass is 16.4. The molecule has 0 aromatic heterocycles. The molecule has 0 aliphatic carbocycles. The molecule has 0 saturated carbocycles. The minimum Gasteiger partial charge on any atom is -0.465 e. The summed E-state index contributed by atoms with van der Waals surface area (Å²) in [5.74, 6) is 0.884. The zero-order chi connectivity index (χ0) is 9.98. The third-order valence-corrected chi connectivity index (χ3v) is 1.20. The Morgan fingerprint density at radius 1 is 1.50 bits per heavy atom. The molecule has 0 bridgehead atoms. The van der Waals surface area contributed by atoms with E-state index >= 15 is 0 Å². The van der Waals surface area contributed by atoms with Crippen molar-refractivity contribution < 1.29 is 15.0 Å². The average Bonchev–Trinajstić information content (AvgIpc) is 2.02. The van der Waals surface area contributed by atoms with Crippen LogP contribution in [0.25, 0.3) is 0 Å². The molecule has 0 aromatic carbocycles. The van der Waals surface area contributed by atoms with Crippen molar-refractivity contribution in [2.24, 2.45) is 5.92 Å². The zero-order valence-corrected chi connectivity index (χ0v) is 8.00. The Morgan fingerprint density at radius 2 is 1.92 bits per heavy atom. The summed E-state index contributed by atoms with van der Waals surface area (Å²) in [6.07, 6.45) is 0.203. The van der Waals surface area contributed by atoms with E-state index in [2.05, 4.69) is 20.8 Å². The molecule has 4 heteroatoms. The number of hydrogen-bond acceptors (Lipinski definition) is 2. The van der Waals surface area contributed by atoms with E-state index in [-0.39, 0.29) is 13.2 Å². The third-order valence-electron chi connectivity index (χ3n) is 1.20. The van der Waals surface area contributed by atoms with Gasteiger partial charge in [0.05, 0.1) is 6.61 Å². The first kappa shape index (κ1) is 13.8. The van der Waals surface area contributed by atoms with Gasteiger partial charge in [-0.1, -0.05) is 27.2 Å². The number of nitrogens with one attached hydrogen (secondary N) is 1. The third kappa shape index (κ3) is 22.9. The molecule has 0 aliphatic rings. The molecule has 0 aromatic rings. The molecule has 1 amide bonds. The molecule has 0 unspecified atom stereocenters. The van der Waals surface area contributed by atoms with Crippen molar-refractivity contribution in [3.63, 3.8) is 0 Å². The quantitative estimate of drug-likeness (QED) is 0.608. The van der Waals surface area contributed by atoms with Gasteiger partial charge in [0.2, 0.25) is 0 Å².